The predicted molar refractivity (Wildman–Crippen MR) is 139 cm³/mol. The lowest BCUT2D eigenvalue weighted by Crippen LogP contribution is -2.37. The summed E-state index contributed by atoms with van der Waals surface area (Å²) >= 11 is 0. The van der Waals surface area contributed by atoms with Crippen molar-refractivity contribution in [3.05, 3.63) is 83.3 Å². The third-order valence-electron chi connectivity index (χ3n) is 8.38. The zero-order valence-corrected chi connectivity index (χ0v) is 22.1. The van der Waals surface area contributed by atoms with E-state index in [1.165, 1.54) is 24.5 Å². The van der Waals surface area contributed by atoms with Gasteiger partial charge in [-0.15, -0.1) is 5.10 Å². The van der Waals surface area contributed by atoms with Crippen molar-refractivity contribution in [2.75, 3.05) is 12.0 Å². The Balaban J connectivity index is 1.41. The average Bonchev–Trinajstić information content (AvgIpc) is 3.50. The zero-order chi connectivity index (χ0) is 26.9. The number of hydrogen-bond donors (Lipinski definition) is 0. The predicted octanol–water partition coefficient (Wildman–Crippen LogP) is 4.93. The molecule has 2 bridgehead atoms. The summed E-state index contributed by atoms with van der Waals surface area (Å²) in [5.41, 5.74) is 3.22. The van der Waals surface area contributed by atoms with Gasteiger partial charge in [-0.3, -0.25) is 9.67 Å². The number of aromatic nitrogens is 5. The molecule has 1 saturated carbocycles. The summed E-state index contributed by atoms with van der Waals surface area (Å²) in [6.45, 7) is 4.67. The highest BCUT2D eigenvalue weighted by Gasteiger charge is 2.65. The lowest BCUT2D eigenvalue weighted by atomic mass is 9.66. The van der Waals surface area contributed by atoms with E-state index in [0.29, 0.717) is 11.4 Å². The number of halogens is 2. The van der Waals surface area contributed by atoms with Crippen molar-refractivity contribution in [1.82, 2.24) is 25.0 Å². The second kappa shape index (κ2) is 8.49. The van der Waals surface area contributed by atoms with Gasteiger partial charge in [-0.1, -0.05) is 26.0 Å². The van der Waals surface area contributed by atoms with Gasteiger partial charge in [-0.2, -0.15) is 10.2 Å². The molecule has 0 amide bonds. The topological polar surface area (TPSA) is 90.6 Å². The molecule has 0 spiro atoms. The van der Waals surface area contributed by atoms with E-state index >= 15 is 0 Å². The third kappa shape index (κ3) is 3.68. The maximum atomic E-state index is 14.5. The van der Waals surface area contributed by atoms with Gasteiger partial charge in [0.25, 0.3) is 0 Å². The summed E-state index contributed by atoms with van der Waals surface area (Å²) in [6, 6.07) is 13.2. The minimum absolute atomic E-state index is 0.00843. The highest BCUT2D eigenvalue weighted by atomic mass is 32.2. The van der Waals surface area contributed by atoms with Gasteiger partial charge in [-0.05, 0) is 66.1 Å². The van der Waals surface area contributed by atoms with Crippen LogP contribution in [-0.2, 0) is 21.8 Å². The van der Waals surface area contributed by atoms with E-state index in [9.17, 15) is 17.2 Å². The Labute approximate surface area is 219 Å². The first kappa shape index (κ1) is 24.8. The average molecular weight is 536 g/mol. The number of aryl methyl sites for hydroxylation is 1. The fraction of sp³-hybridized carbons (Fsp3) is 0.357. The Morgan fingerprint density at radius 2 is 1.74 bits per heavy atom. The smallest absolute Gasteiger partial charge is 0.149 e. The molecule has 7 nitrogen and oxygen atoms in total. The lowest BCUT2D eigenvalue weighted by molar-refractivity contribution is 0.243. The van der Waals surface area contributed by atoms with E-state index in [-0.39, 0.29) is 34.9 Å². The summed E-state index contributed by atoms with van der Waals surface area (Å²) < 4.78 is 53.7. The molecule has 1 fully saturated rings. The Hall–Kier alpha value is -3.53. The van der Waals surface area contributed by atoms with Crippen molar-refractivity contribution in [3.63, 3.8) is 0 Å². The van der Waals surface area contributed by atoms with Crippen molar-refractivity contribution >= 4 is 9.84 Å². The fourth-order valence-corrected chi connectivity index (χ4v) is 6.97. The van der Waals surface area contributed by atoms with Crippen LogP contribution in [0.4, 0.5) is 8.78 Å². The van der Waals surface area contributed by atoms with Crippen molar-refractivity contribution in [1.29, 1.82) is 0 Å². The number of fused-ring (bicyclic) bond motifs is 5. The second-order valence-corrected chi connectivity index (χ2v) is 13.1. The third-order valence-corrected chi connectivity index (χ3v) is 9.31. The van der Waals surface area contributed by atoms with Crippen LogP contribution in [0, 0.1) is 17.0 Å². The number of pyridine rings is 1. The minimum atomic E-state index is -3.10. The number of nitrogens with zero attached hydrogens (tertiary/aromatic N) is 5. The van der Waals surface area contributed by atoms with Crippen molar-refractivity contribution in [3.8, 4) is 22.6 Å². The van der Waals surface area contributed by atoms with Crippen molar-refractivity contribution < 1.29 is 17.2 Å². The molecule has 3 aromatic heterocycles. The van der Waals surface area contributed by atoms with Gasteiger partial charge < -0.3 is 0 Å². The van der Waals surface area contributed by atoms with E-state index in [0.717, 1.165) is 29.8 Å². The molecule has 6 rings (SSSR count). The molecule has 3 heterocycles. The van der Waals surface area contributed by atoms with Gasteiger partial charge in [0, 0.05) is 12.5 Å². The van der Waals surface area contributed by atoms with E-state index in [4.69, 9.17) is 4.98 Å². The first-order valence-electron chi connectivity index (χ1n) is 12.5. The molecular weight excluding hydrogens is 508 g/mol. The van der Waals surface area contributed by atoms with Gasteiger partial charge in [0.2, 0.25) is 0 Å². The summed E-state index contributed by atoms with van der Waals surface area (Å²) in [4.78, 5) is 5.04. The molecule has 0 unspecified atom stereocenters. The van der Waals surface area contributed by atoms with Crippen LogP contribution in [0.5, 0.6) is 0 Å². The molecule has 0 radical (unpaired) electrons. The van der Waals surface area contributed by atoms with Gasteiger partial charge in [0.15, 0.2) is 0 Å². The highest BCUT2D eigenvalue weighted by molar-refractivity contribution is 7.90. The molecule has 196 valence electrons. The molecule has 38 heavy (non-hydrogen) atoms. The second-order valence-electron chi connectivity index (χ2n) is 10.9. The van der Waals surface area contributed by atoms with Crippen LogP contribution in [-0.4, -0.2) is 45.4 Å². The Morgan fingerprint density at radius 3 is 2.47 bits per heavy atom. The molecule has 2 aliphatic rings. The zero-order valence-electron chi connectivity index (χ0n) is 21.3. The standard InChI is InChI=1S/C28H27F2N5O2S/c1-27(2)18-10-12-28(27,26-17(18)16-23(32-33-26)25-19(29)6-4-7-20(25)30)24-9-5-8-21(31-24)22-11-13-35(34-22)14-15-38(3,36)37/h4-9,11,13,16,18H,10,12,14-15H2,1-3H3/t18-,28-/m0/s1. The lowest BCUT2D eigenvalue weighted by Gasteiger charge is -2.37. The quantitative estimate of drug-likeness (QED) is 0.348. The van der Waals surface area contributed by atoms with Crippen molar-refractivity contribution in [2.24, 2.45) is 5.41 Å². The molecule has 10 heteroatoms. The SMILES string of the molecule is CC1(C)[C@H]2CC[C@]1(c1cccc(-c3ccn(CCS(C)(=O)=O)n3)n1)c1nnc(-c3c(F)cccc3F)cc12. The fourth-order valence-electron chi connectivity index (χ4n) is 6.45. The van der Waals surface area contributed by atoms with Crippen LogP contribution in [0.15, 0.2) is 54.7 Å². The Bertz CT molecular complexity index is 1660. The van der Waals surface area contributed by atoms with E-state index in [2.05, 4.69) is 29.1 Å². The van der Waals surface area contributed by atoms with Crippen LogP contribution >= 0.6 is 0 Å². The van der Waals surface area contributed by atoms with E-state index < -0.39 is 26.9 Å². The van der Waals surface area contributed by atoms with Crippen LogP contribution < -0.4 is 0 Å². The number of sulfone groups is 1. The van der Waals surface area contributed by atoms with Gasteiger partial charge >= 0.3 is 0 Å². The van der Waals surface area contributed by atoms with Crippen LogP contribution in [0.2, 0.25) is 0 Å². The minimum Gasteiger partial charge on any atom is -0.271 e. The first-order valence-corrected chi connectivity index (χ1v) is 14.6. The molecule has 1 aromatic carbocycles. The normalized spacial score (nSPS) is 21.6. The summed E-state index contributed by atoms with van der Waals surface area (Å²) in [5.74, 6) is -1.18. The van der Waals surface area contributed by atoms with Gasteiger partial charge in [0.05, 0.1) is 46.1 Å². The van der Waals surface area contributed by atoms with Crippen LogP contribution in [0.25, 0.3) is 22.6 Å². The molecule has 0 saturated heterocycles. The summed E-state index contributed by atoms with van der Waals surface area (Å²) in [6.07, 6.45) is 4.69. The highest BCUT2D eigenvalue weighted by Crippen LogP contribution is 2.69. The van der Waals surface area contributed by atoms with E-state index in [1.807, 2.05) is 24.3 Å². The Kier molecular flexibility index (Phi) is 5.54. The molecule has 0 N–H and O–H groups in total. The summed E-state index contributed by atoms with van der Waals surface area (Å²) in [5, 5.41) is 13.4. The number of rotatable bonds is 6. The van der Waals surface area contributed by atoms with Gasteiger partial charge in [-0.25, -0.2) is 17.2 Å². The molecule has 2 aliphatic carbocycles. The first-order chi connectivity index (χ1) is 18.0. The van der Waals surface area contributed by atoms with Crippen LogP contribution in [0.3, 0.4) is 0 Å². The van der Waals surface area contributed by atoms with Crippen molar-refractivity contribution in [2.45, 2.75) is 44.6 Å². The maximum Gasteiger partial charge on any atom is 0.149 e. The monoisotopic (exact) mass is 535 g/mol. The molecular formula is C28H27F2N5O2S. The number of benzene rings is 1. The molecule has 0 aliphatic heterocycles. The van der Waals surface area contributed by atoms with Crippen LogP contribution in [0.1, 0.15) is 49.6 Å². The van der Waals surface area contributed by atoms with Gasteiger partial charge in [0.1, 0.15) is 27.2 Å². The molecule has 2 atom stereocenters. The van der Waals surface area contributed by atoms with E-state index in [1.54, 1.807) is 16.9 Å². The Morgan fingerprint density at radius 1 is 1.00 bits per heavy atom. The largest absolute Gasteiger partial charge is 0.271 e. The number of hydrogen-bond acceptors (Lipinski definition) is 6. The summed E-state index contributed by atoms with van der Waals surface area (Å²) in [7, 11) is -3.10. The maximum absolute atomic E-state index is 14.5. The molecule has 4 aromatic rings.